The molecule has 1 atom stereocenters. The van der Waals surface area contributed by atoms with Crippen molar-refractivity contribution in [1.29, 1.82) is 0 Å². The van der Waals surface area contributed by atoms with Gasteiger partial charge in [0.1, 0.15) is 5.60 Å². The number of nitrogens with zero attached hydrogens (tertiary/aromatic N) is 1. The van der Waals surface area contributed by atoms with Crippen LogP contribution in [0.15, 0.2) is 46.1 Å². The number of methoxy groups -OCH3 is 1. The molecule has 0 aliphatic rings. The summed E-state index contributed by atoms with van der Waals surface area (Å²) in [4.78, 5) is 4.64. The third kappa shape index (κ3) is 5.85. The number of aliphatic imine (C=N–C) groups is 1. The third-order valence-corrected chi connectivity index (χ3v) is 4.60. The highest BCUT2D eigenvalue weighted by atomic mass is 32.1. The van der Waals surface area contributed by atoms with Crippen LogP contribution < -0.4 is 10.6 Å². The van der Waals surface area contributed by atoms with Crippen molar-refractivity contribution in [2.75, 3.05) is 20.2 Å². The van der Waals surface area contributed by atoms with Gasteiger partial charge in [-0.3, -0.25) is 0 Å². The van der Waals surface area contributed by atoms with Crippen molar-refractivity contribution in [2.24, 2.45) is 4.99 Å². The van der Waals surface area contributed by atoms with Crippen molar-refractivity contribution >= 4 is 17.3 Å². The van der Waals surface area contributed by atoms with E-state index in [-0.39, 0.29) is 0 Å². The van der Waals surface area contributed by atoms with E-state index in [1.165, 1.54) is 0 Å². The van der Waals surface area contributed by atoms with E-state index in [4.69, 9.17) is 4.74 Å². The van der Waals surface area contributed by atoms with Crippen LogP contribution in [-0.2, 0) is 23.5 Å². The van der Waals surface area contributed by atoms with Crippen molar-refractivity contribution in [3.8, 4) is 0 Å². The van der Waals surface area contributed by atoms with Gasteiger partial charge in [0, 0.05) is 13.7 Å². The molecule has 1 heterocycles. The lowest BCUT2D eigenvalue weighted by atomic mass is 9.99. The first kappa shape index (κ1) is 19.4. The Morgan fingerprint density at radius 3 is 2.64 bits per heavy atom. The maximum Gasteiger partial charge on any atom is 0.191 e. The lowest BCUT2D eigenvalue weighted by Gasteiger charge is -2.24. The average molecular weight is 362 g/mol. The van der Waals surface area contributed by atoms with E-state index >= 15 is 0 Å². The smallest absolute Gasteiger partial charge is 0.191 e. The molecule has 1 aromatic heterocycles. The molecule has 0 aliphatic carbocycles. The number of guanidine groups is 1. The van der Waals surface area contributed by atoms with Gasteiger partial charge in [-0.05, 0) is 47.4 Å². The Morgan fingerprint density at radius 1 is 1.24 bits per heavy atom. The van der Waals surface area contributed by atoms with Crippen LogP contribution in [0.2, 0.25) is 0 Å². The SMILES string of the molecule is CCNC(=NCc1ccccc1COC)NCC(C)(O)c1ccsc1. The van der Waals surface area contributed by atoms with Gasteiger partial charge in [0.2, 0.25) is 0 Å². The first-order valence-electron chi connectivity index (χ1n) is 8.39. The van der Waals surface area contributed by atoms with Gasteiger partial charge in [-0.1, -0.05) is 24.3 Å². The molecular weight excluding hydrogens is 334 g/mol. The molecule has 1 unspecified atom stereocenters. The van der Waals surface area contributed by atoms with E-state index in [1.54, 1.807) is 25.4 Å². The molecule has 0 radical (unpaired) electrons. The van der Waals surface area contributed by atoms with Gasteiger partial charge in [-0.25, -0.2) is 4.99 Å². The molecule has 2 rings (SSSR count). The second-order valence-electron chi connectivity index (χ2n) is 6.04. The van der Waals surface area contributed by atoms with Crippen LogP contribution in [-0.4, -0.2) is 31.3 Å². The van der Waals surface area contributed by atoms with Crippen LogP contribution in [0.3, 0.4) is 0 Å². The molecule has 0 saturated carbocycles. The van der Waals surface area contributed by atoms with E-state index in [2.05, 4.69) is 27.8 Å². The number of hydrogen-bond donors (Lipinski definition) is 3. The topological polar surface area (TPSA) is 65.9 Å². The molecule has 3 N–H and O–H groups in total. The van der Waals surface area contributed by atoms with Crippen molar-refractivity contribution in [3.63, 3.8) is 0 Å². The van der Waals surface area contributed by atoms with Gasteiger partial charge in [0.15, 0.2) is 5.96 Å². The van der Waals surface area contributed by atoms with Gasteiger partial charge in [-0.2, -0.15) is 11.3 Å². The van der Waals surface area contributed by atoms with E-state index < -0.39 is 5.60 Å². The molecule has 0 bridgehead atoms. The lowest BCUT2D eigenvalue weighted by molar-refractivity contribution is 0.0621. The maximum absolute atomic E-state index is 10.6. The Balaban J connectivity index is 2.03. The standard InChI is InChI=1S/C19H27N3O2S/c1-4-20-18(22-14-19(2,23)17-9-10-25-13-17)21-11-15-7-5-6-8-16(15)12-24-3/h5-10,13,23H,4,11-12,14H2,1-3H3,(H2,20,21,22). The summed E-state index contributed by atoms with van der Waals surface area (Å²) in [6.45, 7) is 6.09. The third-order valence-electron chi connectivity index (χ3n) is 3.91. The minimum absolute atomic E-state index is 0.384. The number of benzene rings is 1. The summed E-state index contributed by atoms with van der Waals surface area (Å²) in [6, 6.07) is 10.1. The van der Waals surface area contributed by atoms with Crippen molar-refractivity contribution in [2.45, 2.75) is 32.6 Å². The van der Waals surface area contributed by atoms with Crippen molar-refractivity contribution < 1.29 is 9.84 Å². The minimum Gasteiger partial charge on any atom is -0.384 e. The van der Waals surface area contributed by atoms with Crippen LogP contribution in [0, 0.1) is 0 Å². The summed E-state index contributed by atoms with van der Waals surface area (Å²) in [6.07, 6.45) is 0. The average Bonchev–Trinajstić information content (AvgIpc) is 3.14. The second kappa shape index (κ2) is 9.56. The fourth-order valence-corrected chi connectivity index (χ4v) is 3.23. The summed E-state index contributed by atoms with van der Waals surface area (Å²) in [5.41, 5.74) is 2.23. The fraction of sp³-hybridized carbons (Fsp3) is 0.421. The lowest BCUT2D eigenvalue weighted by Crippen LogP contribution is -2.44. The van der Waals surface area contributed by atoms with Gasteiger partial charge in [0.05, 0.1) is 19.7 Å². The molecule has 6 heteroatoms. The highest BCUT2D eigenvalue weighted by Gasteiger charge is 2.23. The highest BCUT2D eigenvalue weighted by molar-refractivity contribution is 7.08. The highest BCUT2D eigenvalue weighted by Crippen LogP contribution is 2.22. The summed E-state index contributed by atoms with van der Waals surface area (Å²) in [5.74, 6) is 0.685. The van der Waals surface area contributed by atoms with Gasteiger partial charge < -0.3 is 20.5 Å². The van der Waals surface area contributed by atoms with Gasteiger partial charge in [0.25, 0.3) is 0 Å². The summed E-state index contributed by atoms with van der Waals surface area (Å²) in [7, 11) is 1.69. The summed E-state index contributed by atoms with van der Waals surface area (Å²) >= 11 is 1.58. The molecule has 0 spiro atoms. The summed E-state index contributed by atoms with van der Waals surface area (Å²) in [5, 5.41) is 21.0. The zero-order valence-corrected chi connectivity index (χ0v) is 15.9. The largest absolute Gasteiger partial charge is 0.384 e. The number of aliphatic hydroxyl groups is 1. The monoisotopic (exact) mass is 361 g/mol. The van der Waals surface area contributed by atoms with Crippen LogP contribution in [0.25, 0.3) is 0 Å². The molecule has 5 nitrogen and oxygen atoms in total. The zero-order chi connectivity index (χ0) is 18.1. The summed E-state index contributed by atoms with van der Waals surface area (Å²) < 4.78 is 5.24. The van der Waals surface area contributed by atoms with Crippen LogP contribution in [0.5, 0.6) is 0 Å². The predicted molar refractivity (Wildman–Crippen MR) is 104 cm³/mol. The first-order valence-corrected chi connectivity index (χ1v) is 9.34. The fourth-order valence-electron chi connectivity index (χ4n) is 2.44. The Bertz CT molecular complexity index is 669. The maximum atomic E-state index is 10.6. The zero-order valence-electron chi connectivity index (χ0n) is 15.1. The van der Waals surface area contributed by atoms with Gasteiger partial charge in [-0.15, -0.1) is 0 Å². The van der Waals surface area contributed by atoms with E-state index in [9.17, 15) is 5.11 Å². The molecule has 1 aromatic carbocycles. The molecule has 0 fully saturated rings. The van der Waals surface area contributed by atoms with Crippen LogP contribution in [0.4, 0.5) is 0 Å². The van der Waals surface area contributed by atoms with Crippen molar-refractivity contribution in [1.82, 2.24) is 10.6 Å². The quantitative estimate of drug-likeness (QED) is 0.500. The Morgan fingerprint density at radius 2 is 2.00 bits per heavy atom. The number of hydrogen-bond acceptors (Lipinski definition) is 4. The number of rotatable bonds is 8. The van der Waals surface area contributed by atoms with Crippen LogP contribution >= 0.6 is 11.3 Å². The Hall–Kier alpha value is -1.89. The molecule has 2 aromatic rings. The molecule has 25 heavy (non-hydrogen) atoms. The van der Waals surface area contributed by atoms with Crippen molar-refractivity contribution in [3.05, 3.63) is 57.8 Å². The van der Waals surface area contributed by atoms with E-state index in [0.717, 1.165) is 23.2 Å². The number of nitrogens with one attached hydrogen (secondary N) is 2. The normalized spacial score (nSPS) is 14.2. The minimum atomic E-state index is -0.940. The number of thiophene rings is 1. The molecule has 0 amide bonds. The molecule has 0 aliphatic heterocycles. The van der Waals surface area contributed by atoms with E-state index in [1.807, 2.05) is 35.9 Å². The first-order chi connectivity index (χ1) is 12.1. The Labute approximate surface area is 153 Å². The second-order valence-corrected chi connectivity index (χ2v) is 6.82. The predicted octanol–water partition coefficient (Wildman–Crippen LogP) is 2.86. The van der Waals surface area contributed by atoms with E-state index in [0.29, 0.717) is 25.7 Å². The molecule has 136 valence electrons. The molecular formula is C19H27N3O2S. The number of ether oxygens (including phenoxy) is 1. The van der Waals surface area contributed by atoms with Gasteiger partial charge >= 0.3 is 0 Å². The Kier molecular flexibility index (Phi) is 7.43. The van der Waals surface area contributed by atoms with Crippen LogP contribution in [0.1, 0.15) is 30.5 Å². The molecule has 0 saturated heterocycles.